The van der Waals surface area contributed by atoms with E-state index in [1.165, 1.54) is 24.4 Å². The van der Waals surface area contributed by atoms with Crippen molar-refractivity contribution < 1.29 is 23.4 Å². The molecule has 0 aliphatic heterocycles. The minimum absolute atomic E-state index is 0.0767. The third kappa shape index (κ3) is 4.16. The smallest absolute Gasteiger partial charge is 0.387 e. The third-order valence-electron chi connectivity index (χ3n) is 2.55. The number of carboxylic acids is 1. The van der Waals surface area contributed by atoms with Gasteiger partial charge in [0.1, 0.15) is 10.8 Å². The topological polar surface area (TPSA) is 59.4 Å². The van der Waals surface area contributed by atoms with Crippen LogP contribution in [0.2, 0.25) is 0 Å². The molecule has 0 unspecified atom stereocenters. The average Bonchev–Trinajstić information content (AvgIpc) is 2.46. The molecule has 1 N–H and O–H groups in total. The SMILES string of the molecule is O=C(O)c1cccnc1SCc1ccccc1OC(F)F. The molecule has 21 heavy (non-hydrogen) atoms. The summed E-state index contributed by atoms with van der Waals surface area (Å²) in [4.78, 5) is 15.1. The first-order valence-corrected chi connectivity index (χ1v) is 6.90. The number of para-hydroxylation sites is 1. The number of pyridine rings is 1. The summed E-state index contributed by atoms with van der Waals surface area (Å²) in [5.74, 6) is -0.726. The number of thioether (sulfide) groups is 1. The molecule has 2 aromatic rings. The van der Waals surface area contributed by atoms with Gasteiger partial charge < -0.3 is 9.84 Å². The van der Waals surface area contributed by atoms with Crippen molar-refractivity contribution in [3.63, 3.8) is 0 Å². The number of benzene rings is 1. The maximum absolute atomic E-state index is 12.3. The molecule has 1 heterocycles. The molecule has 1 aromatic heterocycles. The van der Waals surface area contributed by atoms with Crippen LogP contribution in [-0.2, 0) is 5.75 Å². The molecule has 4 nitrogen and oxygen atoms in total. The predicted molar refractivity (Wildman–Crippen MR) is 73.8 cm³/mol. The first-order chi connectivity index (χ1) is 10.1. The Morgan fingerprint density at radius 1 is 1.29 bits per heavy atom. The van der Waals surface area contributed by atoms with E-state index in [2.05, 4.69) is 9.72 Å². The highest BCUT2D eigenvalue weighted by Gasteiger charge is 2.13. The van der Waals surface area contributed by atoms with E-state index in [0.717, 1.165) is 11.8 Å². The lowest BCUT2D eigenvalue weighted by atomic mass is 10.2. The summed E-state index contributed by atoms with van der Waals surface area (Å²) >= 11 is 1.15. The standard InChI is InChI=1S/C14H11F2NO3S/c15-14(16)20-11-6-2-1-4-9(11)8-21-12-10(13(18)19)5-3-7-17-12/h1-7,14H,8H2,(H,18,19). The summed E-state index contributed by atoms with van der Waals surface area (Å²) in [6.07, 6.45) is 1.48. The number of aromatic carboxylic acids is 1. The van der Waals surface area contributed by atoms with Crippen LogP contribution in [0, 0.1) is 0 Å². The van der Waals surface area contributed by atoms with Crippen LogP contribution in [0.15, 0.2) is 47.6 Å². The van der Waals surface area contributed by atoms with Gasteiger partial charge in [0.15, 0.2) is 0 Å². The Labute approximate surface area is 123 Å². The molecule has 0 saturated heterocycles. The van der Waals surface area contributed by atoms with Crippen LogP contribution in [0.4, 0.5) is 8.78 Å². The summed E-state index contributed by atoms with van der Waals surface area (Å²) in [5, 5.41) is 9.39. The number of halogens is 2. The fourth-order valence-electron chi connectivity index (χ4n) is 1.65. The molecule has 2 rings (SSSR count). The molecule has 0 radical (unpaired) electrons. The summed E-state index contributed by atoms with van der Waals surface area (Å²) in [5.41, 5.74) is 0.625. The lowest BCUT2D eigenvalue weighted by Gasteiger charge is -2.10. The van der Waals surface area contributed by atoms with Gasteiger partial charge in [-0.3, -0.25) is 0 Å². The number of carbonyl (C=O) groups is 1. The molecule has 0 amide bonds. The number of hydrogen-bond acceptors (Lipinski definition) is 4. The monoisotopic (exact) mass is 311 g/mol. The Kier molecular flexibility index (Phi) is 5.10. The van der Waals surface area contributed by atoms with E-state index in [1.807, 2.05) is 0 Å². The fraction of sp³-hybridized carbons (Fsp3) is 0.143. The van der Waals surface area contributed by atoms with Gasteiger partial charge in [0.2, 0.25) is 0 Å². The molecule has 0 saturated carbocycles. The Morgan fingerprint density at radius 3 is 2.76 bits per heavy atom. The highest BCUT2D eigenvalue weighted by Crippen LogP contribution is 2.29. The van der Waals surface area contributed by atoms with Gasteiger partial charge in [-0.2, -0.15) is 8.78 Å². The number of rotatable bonds is 6. The van der Waals surface area contributed by atoms with Crippen molar-refractivity contribution in [1.29, 1.82) is 0 Å². The van der Waals surface area contributed by atoms with Gasteiger partial charge in [-0.15, -0.1) is 11.8 Å². The average molecular weight is 311 g/mol. The normalized spacial score (nSPS) is 10.6. The number of alkyl halides is 2. The maximum atomic E-state index is 12.3. The van der Waals surface area contributed by atoms with Crippen LogP contribution < -0.4 is 4.74 Å². The summed E-state index contributed by atoms with van der Waals surface area (Å²) in [6.45, 7) is -2.90. The van der Waals surface area contributed by atoms with Gasteiger partial charge in [0.05, 0.1) is 5.56 Å². The first kappa shape index (κ1) is 15.2. The molecule has 0 aliphatic rings. The Hall–Kier alpha value is -2.15. The van der Waals surface area contributed by atoms with Crippen molar-refractivity contribution >= 4 is 17.7 Å². The molecular weight excluding hydrogens is 300 g/mol. The molecule has 1 aromatic carbocycles. The van der Waals surface area contributed by atoms with E-state index in [-0.39, 0.29) is 17.1 Å². The summed E-state index contributed by atoms with van der Waals surface area (Å²) in [7, 11) is 0. The van der Waals surface area contributed by atoms with Crippen LogP contribution in [0.1, 0.15) is 15.9 Å². The van der Waals surface area contributed by atoms with Crippen LogP contribution >= 0.6 is 11.8 Å². The Morgan fingerprint density at radius 2 is 2.05 bits per heavy atom. The van der Waals surface area contributed by atoms with E-state index in [4.69, 9.17) is 5.11 Å². The number of nitrogens with zero attached hydrogens (tertiary/aromatic N) is 1. The maximum Gasteiger partial charge on any atom is 0.387 e. The quantitative estimate of drug-likeness (QED) is 0.825. The van der Waals surface area contributed by atoms with Crippen molar-refractivity contribution in [3.05, 3.63) is 53.7 Å². The fourth-order valence-corrected chi connectivity index (χ4v) is 2.63. The highest BCUT2D eigenvalue weighted by atomic mass is 32.2. The van der Waals surface area contributed by atoms with E-state index in [1.54, 1.807) is 18.2 Å². The minimum Gasteiger partial charge on any atom is -0.478 e. The van der Waals surface area contributed by atoms with Crippen molar-refractivity contribution in [2.75, 3.05) is 0 Å². The van der Waals surface area contributed by atoms with Gasteiger partial charge >= 0.3 is 12.6 Å². The van der Waals surface area contributed by atoms with Crippen LogP contribution in [-0.4, -0.2) is 22.7 Å². The van der Waals surface area contributed by atoms with Crippen LogP contribution in [0.3, 0.4) is 0 Å². The van der Waals surface area contributed by atoms with E-state index in [0.29, 0.717) is 10.6 Å². The van der Waals surface area contributed by atoms with Crippen molar-refractivity contribution in [2.24, 2.45) is 0 Å². The zero-order chi connectivity index (χ0) is 15.2. The Bertz CT molecular complexity index is 637. The van der Waals surface area contributed by atoms with Gasteiger partial charge in [-0.1, -0.05) is 18.2 Å². The predicted octanol–water partition coefficient (Wildman–Crippen LogP) is 3.67. The molecule has 0 fully saturated rings. The van der Waals surface area contributed by atoms with Gasteiger partial charge in [-0.05, 0) is 18.2 Å². The number of ether oxygens (including phenoxy) is 1. The van der Waals surface area contributed by atoms with E-state index in [9.17, 15) is 13.6 Å². The first-order valence-electron chi connectivity index (χ1n) is 5.91. The number of carboxylic acid groups (broad SMARTS) is 1. The second-order valence-electron chi connectivity index (χ2n) is 3.94. The van der Waals surface area contributed by atoms with Crippen LogP contribution in [0.5, 0.6) is 5.75 Å². The second kappa shape index (κ2) is 7.03. The van der Waals surface area contributed by atoms with Gasteiger partial charge in [0.25, 0.3) is 0 Å². The molecule has 7 heteroatoms. The molecule has 110 valence electrons. The highest BCUT2D eigenvalue weighted by molar-refractivity contribution is 7.98. The minimum atomic E-state index is -2.90. The molecular formula is C14H11F2NO3S. The molecule has 0 aliphatic carbocycles. The number of hydrogen-bond donors (Lipinski definition) is 1. The second-order valence-corrected chi connectivity index (χ2v) is 4.90. The summed E-state index contributed by atoms with van der Waals surface area (Å²) < 4.78 is 29.1. The largest absolute Gasteiger partial charge is 0.478 e. The van der Waals surface area contributed by atoms with E-state index < -0.39 is 12.6 Å². The van der Waals surface area contributed by atoms with Gasteiger partial charge in [0, 0.05) is 17.5 Å². The Balaban J connectivity index is 2.15. The van der Waals surface area contributed by atoms with Crippen LogP contribution in [0.25, 0.3) is 0 Å². The van der Waals surface area contributed by atoms with Crippen molar-refractivity contribution in [3.8, 4) is 5.75 Å². The summed E-state index contributed by atoms with van der Waals surface area (Å²) in [6, 6.07) is 9.35. The lowest BCUT2D eigenvalue weighted by Crippen LogP contribution is -2.04. The van der Waals surface area contributed by atoms with Crippen molar-refractivity contribution in [2.45, 2.75) is 17.4 Å². The number of aromatic nitrogens is 1. The van der Waals surface area contributed by atoms with Gasteiger partial charge in [-0.25, -0.2) is 9.78 Å². The zero-order valence-electron chi connectivity index (χ0n) is 10.7. The molecule has 0 spiro atoms. The lowest BCUT2D eigenvalue weighted by molar-refractivity contribution is -0.0503. The molecule has 0 atom stereocenters. The third-order valence-corrected chi connectivity index (χ3v) is 3.61. The van der Waals surface area contributed by atoms with E-state index >= 15 is 0 Å². The zero-order valence-corrected chi connectivity index (χ0v) is 11.5. The molecule has 0 bridgehead atoms. The van der Waals surface area contributed by atoms with Crippen molar-refractivity contribution in [1.82, 2.24) is 4.98 Å².